The topological polar surface area (TPSA) is 50.8 Å². The van der Waals surface area contributed by atoms with Crippen LogP contribution in [0.3, 0.4) is 0 Å². The number of hydrogen-bond acceptors (Lipinski definition) is 4. The molecule has 0 radical (unpaired) electrons. The van der Waals surface area contributed by atoms with Gasteiger partial charge in [0.05, 0.1) is 13.2 Å². The van der Waals surface area contributed by atoms with Gasteiger partial charge in [-0.3, -0.25) is 9.69 Å². The summed E-state index contributed by atoms with van der Waals surface area (Å²) in [6.07, 6.45) is 0.260. The number of ether oxygens (including phenoxy) is 2. The van der Waals surface area contributed by atoms with Crippen molar-refractivity contribution in [2.24, 2.45) is 5.92 Å². The van der Waals surface area contributed by atoms with Crippen LogP contribution in [0.2, 0.25) is 0 Å². The molecule has 2 atom stereocenters. The second-order valence-corrected chi connectivity index (χ2v) is 6.62. The molecule has 1 saturated heterocycles. The van der Waals surface area contributed by atoms with Crippen LogP contribution in [0, 0.1) is 5.92 Å². The van der Waals surface area contributed by atoms with E-state index < -0.39 is 6.10 Å². The Bertz CT molecular complexity index is 516. The maximum atomic E-state index is 12.4. The van der Waals surface area contributed by atoms with Crippen molar-refractivity contribution in [3.8, 4) is 5.75 Å². The maximum absolute atomic E-state index is 12.4. The number of fused-ring (bicyclic) bond motifs is 1. The first-order chi connectivity index (χ1) is 11.1. The third-order valence-electron chi connectivity index (χ3n) is 4.71. The van der Waals surface area contributed by atoms with Gasteiger partial charge >= 0.3 is 0 Å². The summed E-state index contributed by atoms with van der Waals surface area (Å²) in [7, 11) is 0. The van der Waals surface area contributed by atoms with Crippen molar-refractivity contribution in [1.29, 1.82) is 0 Å². The van der Waals surface area contributed by atoms with Gasteiger partial charge in [0.1, 0.15) is 5.75 Å². The number of morpholine rings is 1. The van der Waals surface area contributed by atoms with E-state index in [1.807, 2.05) is 24.3 Å². The van der Waals surface area contributed by atoms with E-state index in [2.05, 4.69) is 24.1 Å². The zero-order valence-electron chi connectivity index (χ0n) is 14.0. The third-order valence-corrected chi connectivity index (χ3v) is 4.71. The Labute approximate surface area is 137 Å². The SMILES string of the molecule is CC(C)[C@@H](CNC(=O)[C@H]1Cc2ccccc2O1)N1CCOCC1. The number of rotatable bonds is 5. The number of nitrogens with zero attached hydrogens (tertiary/aromatic N) is 1. The van der Waals surface area contributed by atoms with E-state index in [0.717, 1.165) is 37.6 Å². The smallest absolute Gasteiger partial charge is 0.261 e. The molecule has 1 N–H and O–H groups in total. The van der Waals surface area contributed by atoms with Crippen LogP contribution in [0.15, 0.2) is 24.3 Å². The average molecular weight is 318 g/mol. The van der Waals surface area contributed by atoms with Gasteiger partial charge in [0.15, 0.2) is 6.10 Å². The average Bonchev–Trinajstić information content (AvgIpc) is 2.99. The summed E-state index contributed by atoms with van der Waals surface area (Å²) < 4.78 is 11.2. The number of hydrogen-bond donors (Lipinski definition) is 1. The van der Waals surface area contributed by atoms with Crippen molar-refractivity contribution in [3.05, 3.63) is 29.8 Å². The molecular formula is C18H26N2O3. The fourth-order valence-electron chi connectivity index (χ4n) is 3.34. The molecule has 1 aromatic carbocycles. The van der Waals surface area contributed by atoms with Crippen molar-refractivity contribution in [2.45, 2.75) is 32.4 Å². The van der Waals surface area contributed by atoms with Crippen LogP contribution < -0.4 is 10.1 Å². The van der Waals surface area contributed by atoms with E-state index in [4.69, 9.17) is 9.47 Å². The molecule has 1 aromatic rings. The van der Waals surface area contributed by atoms with Gasteiger partial charge < -0.3 is 14.8 Å². The molecule has 5 nitrogen and oxygen atoms in total. The lowest BCUT2D eigenvalue weighted by molar-refractivity contribution is -0.127. The van der Waals surface area contributed by atoms with Crippen LogP contribution in [0.1, 0.15) is 19.4 Å². The molecule has 0 bridgehead atoms. The summed E-state index contributed by atoms with van der Waals surface area (Å²) in [5.41, 5.74) is 1.11. The Hall–Kier alpha value is -1.59. The van der Waals surface area contributed by atoms with Gasteiger partial charge in [-0.2, -0.15) is 0 Å². The Morgan fingerprint density at radius 3 is 2.74 bits per heavy atom. The highest BCUT2D eigenvalue weighted by atomic mass is 16.5. The normalized spacial score (nSPS) is 22.5. The number of para-hydroxylation sites is 1. The Morgan fingerprint density at radius 1 is 1.30 bits per heavy atom. The summed E-state index contributed by atoms with van der Waals surface area (Å²) in [5, 5.41) is 3.09. The van der Waals surface area contributed by atoms with Crippen LogP contribution in [0.4, 0.5) is 0 Å². The summed E-state index contributed by atoms with van der Waals surface area (Å²) in [6, 6.07) is 8.20. The van der Waals surface area contributed by atoms with E-state index in [-0.39, 0.29) is 5.91 Å². The van der Waals surface area contributed by atoms with Gasteiger partial charge in [0.25, 0.3) is 5.91 Å². The molecule has 2 aliphatic heterocycles. The van der Waals surface area contributed by atoms with Crippen molar-refractivity contribution in [1.82, 2.24) is 10.2 Å². The molecular weight excluding hydrogens is 292 g/mol. The highest BCUT2D eigenvalue weighted by Crippen LogP contribution is 2.28. The summed E-state index contributed by atoms with van der Waals surface area (Å²) in [4.78, 5) is 14.9. The summed E-state index contributed by atoms with van der Waals surface area (Å²) in [6.45, 7) is 8.49. The van der Waals surface area contributed by atoms with Crippen molar-refractivity contribution in [3.63, 3.8) is 0 Å². The van der Waals surface area contributed by atoms with Crippen molar-refractivity contribution in [2.75, 3.05) is 32.8 Å². The Morgan fingerprint density at radius 2 is 2.04 bits per heavy atom. The molecule has 2 aliphatic rings. The van der Waals surface area contributed by atoms with E-state index >= 15 is 0 Å². The van der Waals surface area contributed by atoms with Gasteiger partial charge in [-0.05, 0) is 17.5 Å². The zero-order valence-corrected chi connectivity index (χ0v) is 14.0. The lowest BCUT2D eigenvalue weighted by Gasteiger charge is -2.37. The second kappa shape index (κ2) is 7.32. The molecule has 1 fully saturated rings. The highest BCUT2D eigenvalue weighted by molar-refractivity contribution is 5.82. The maximum Gasteiger partial charge on any atom is 0.261 e. The van der Waals surface area contributed by atoms with Crippen LogP contribution in [-0.4, -0.2) is 55.8 Å². The van der Waals surface area contributed by atoms with E-state index in [1.165, 1.54) is 0 Å². The predicted molar refractivity (Wildman–Crippen MR) is 88.6 cm³/mol. The van der Waals surface area contributed by atoms with Gasteiger partial charge in [-0.1, -0.05) is 32.0 Å². The van der Waals surface area contributed by atoms with Crippen LogP contribution in [0.25, 0.3) is 0 Å². The molecule has 126 valence electrons. The molecule has 0 aromatic heterocycles. The molecule has 3 rings (SSSR count). The quantitative estimate of drug-likeness (QED) is 0.893. The molecule has 2 heterocycles. The fraction of sp³-hybridized carbons (Fsp3) is 0.611. The lowest BCUT2D eigenvalue weighted by Crippen LogP contribution is -2.52. The molecule has 0 unspecified atom stereocenters. The molecule has 23 heavy (non-hydrogen) atoms. The first kappa shape index (κ1) is 16.3. The number of carbonyl (C=O) groups excluding carboxylic acids is 1. The van der Waals surface area contributed by atoms with Crippen LogP contribution in [0.5, 0.6) is 5.75 Å². The first-order valence-electron chi connectivity index (χ1n) is 8.49. The van der Waals surface area contributed by atoms with Gasteiger partial charge in [0.2, 0.25) is 0 Å². The number of carbonyl (C=O) groups is 1. The first-order valence-corrected chi connectivity index (χ1v) is 8.49. The Kier molecular flexibility index (Phi) is 5.18. The number of amides is 1. The van der Waals surface area contributed by atoms with Gasteiger partial charge in [-0.25, -0.2) is 0 Å². The minimum atomic E-state index is -0.398. The largest absolute Gasteiger partial charge is 0.480 e. The van der Waals surface area contributed by atoms with Crippen molar-refractivity contribution >= 4 is 5.91 Å². The highest BCUT2D eigenvalue weighted by Gasteiger charge is 2.30. The van der Waals surface area contributed by atoms with E-state index in [0.29, 0.717) is 24.9 Å². The predicted octanol–water partition coefficient (Wildman–Crippen LogP) is 1.46. The summed E-state index contributed by atoms with van der Waals surface area (Å²) in [5.74, 6) is 1.30. The van der Waals surface area contributed by atoms with Gasteiger partial charge in [-0.15, -0.1) is 0 Å². The number of nitrogens with one attached hydrogen (secondary N) is 1. The lowest BCUT2D eigenvalue weighted by atomic mass is 10.0. The third kappa shape index (κ3) is 3.85. The molecule has 1 amide bonds. The van der Waals surface area contributed by atoms with E-state index in [1.54, 1.807) is 0 Å². The molecule has 5 heteroatoms. The van der Waals surface area contributed by atoms with Gasteiger partial charge in [0, 0.05) is 32.1 Å². The standard InChI is InChI=1S/C18H26N2O3/c1-13(2)15(20-7-9-22-10-8-20)12-19-18(21)17-11-14-5-3-4-6-16(14)23-17/h3-6,13,15,17H,7-12H2,1-2H3,(H,19,21)/t15-,17-/m1/s1. The van der Waals surface area contributed by atoms with E-state index in [9.17, 15) is 4.79 Å². The number of benzene rings is 1. The second-order valence-electron chi connectivity index (χ2n) is 6.62. The summed E-state index contributed by atoms with van der Waals surface area (Å²) >= 11 is 0. The minimum absolute atomic E-state index is 0.0138. The monoisotopic (exact) mass is 318 g/mol. The van der Waals surface area contributed by atoms with Crippen molar-refractivity contribution < 1.29 is 14.3 Å². The van der Waals surface area contributed by atoms with Crippen LogP contribution >= 0.6 is 0 Å². The molecule has 0 saturated carbocycles. The van der Waals surface area contributed by atoms with Crippen LogP contribution in [-0.2, 0) is 16.0 Å². The molecule has 0 spiro atoms. The fourth-order valence-corrected chi connectivity index (χ4v) is 3.34. The molecule has 0 aliphatic carbocycles. The Balaban J connectivity index is 1.53. The minimum Gasteiger partial charge on any atom is -0.480 e. The zero-order chi connectivity index (χ0) is 16.2.